The number of piperazine rings is 1. The van der Waals surface area contributed by atoms with Gasteiger partial charge in [-0.3, -0.25) is 9.59 Å². The molecule has 2 amide bonds. The van der Waals surface area contributed by atoms with Crippen LogP contribution in [0, 0.1) is 18.3 Å². The summed E-state index contributed by atoms with van der Waals surface area (Å²) in [5.74, 6) is 0.460. The van der Waals surface area contributed by atoms with Crippen molar-refractivity contribution >= 4 is 17.5 Å². The highest BCUT2D eigenvalue weighted by atomic mass is 16.2. The van der Waals surface area contributed by atoms with Gasteiger partial charge >= 0.3 is 0 Å². The monoisotopic (exact) mass is 326 g/mol. The molecule has 0 N–H and O–H groups in total. The van der Waals surface area contributed by atoms with E-state index in [1.165, 1.54) is 37.7 Å². The molecule has 1 unspecified atom stereocenters. The average Bonchev–Trinajstić information content (AvgIpc) is 3.28. The van der Waals surface area contributed by atoms with Crippen LogP contribution in [0.1, 0.15) is 44.1 Å². The lowest BCUT2D eigenvalue weighted by molar-refractivity contribution is -0.138. The van der Waals surface area contributed by atoms with Gasteiger partial charge in [0.1, 0.15) is 6.54 Å². The van der Waals surface area contributed by atoms with E-state index < -0.39 is 0 Å². The van der Waals surface area contributed by atoms with E-state index >= 15 is 0 Å². The van der Waals surface area contributed by atoms with E-state index in [1.807, 2.05) is 36.1 Å². The van der Waals surface area contributed by atoms with Crippen molar-refractivity contribution in [2.24, 2.45) is 11.3 Å². The predicted octanol–water partition coefficient (Wildman–Crippen LogP) is 3.14. The molecular formula is C20H26N2O2. The fraction of sp³-hybridized carbons (Fsp3) is 0.600. The summed E-state index contributed by atoms with van der Waals surface area (Å²) < 4.78 is 0. The predicted molar refractivity (Wildman–Crippen MR) is 93.7 cm³/mol. The molecule has 128 valence electrons. The summed E-state index contributed by atoms with van der Waals surface area (Å²) in [5, 5.41) is 0. The van der Waals surface area contributed by atoms with Crippen LogP contribution < -0.4 is 4.90 Å². The van der Waals surface area contributed by atoms with Crippen molar-refractivity contribution in [2.45, 2.75) is 45.4 Å². The maximum Gasteiger partial charge on any atom is 0.246 e. The van der Waals surface area contributed by atoms with Crippen LogP contribution >= 0.6 is 0 Å². The molecule has 2 aliphatic carbocycles. The van der Waals surface area contributed by atoms with Crippen LogP contribution in [0.5, 0.6) is 0 Å². The van der Waals surface area contributed by atoms with Crippen LogP contribution in [0.4, 0.5) is 5.69 Å². The number of carbonyl (C=O) groups excluding carboxylic acids is 2. The van der Waals surface area contributed by atoms with Gasteiger partial charge in [-0.05, 0) is 43.7 Å². The first-order chi connectivity index (χ1) is 11.6. The molecule has 2 saturated carbocycles. The Morgan fingerprint density at radius 3 is 2.46 bits per heavy atom. The number of benzene rings is 1. The third kappa shape index (κ3) is 2.72. The van der Waals surface area contributed by atoms with Gasteiger partial charge < -0.3 is 9.80 Å². The summed E-state index contributed by atoms with van der Waals surface area (Å²) in [7, 11) is 0. The highest BCUT2D eigenvalue weighted by Gasteiger charge is 2.58. The highest BCUT2D eigenvalue weighted by molar-refractivity contribution is 5.98. The number of rotatable bonds is 2. The molecule has 1 heterocycles. The fourth-order valence-electron chi connectivity index (χ4n) is 4.58. The van der Waals surface area contributed by atoms with E-state index in [-0.39, 0.29) is 24.3 Å². The summed E-state index contributed by atoms with van der Waals surface area (Å²) in [5.41, 5.74) is 2.42. The van der Waals surface area contributed by atoms with Gasteiger partial charge in [0.2, 0.25) is 11.8 Å². The number of hydrogen-bond acceptors (Lipinski definition) is 2. The molecule has 1 aromatic carbocycles. The Balaban J connectivity index is 1.39. The summed E-state index contributed by atoms with van der Waals surface area (Å²) in [4.78, 5) is 29.0. The lowest BCUT2D eigenvalue weighted by Crippen LogP contribution is -2.53. The lowest BCUT2D eigenvalue weighted by Gasteiger charge is -2.35. The van der Waals surface area contributed by atoms with Crippen molar-refractivity contribution in [1.29, 1.82) is 0 Å². The number of amides is 2. The van der Waals surface area contributed by atoms with E-state index in [2.05, 4.69) is 0 Å². The molecule has 0 aromatic heterocycles. The van der Waals surface area contributed by atoms with Crippen molar-refractivity contribution in [3.8, 4) is 0 Å². The highest BCUT2D eigenvalue weighted by Crippen LogP contribution is 2.61. The zero-order chi connectivity index (χ0) is 16.7. The molecule has 1 saturated heterocycles. The standard InChI is InChI=1S/C20H26N2O2/c1-15-5-7-16(8-6-15)22-12-11-21(14-18(22)23)19(24)17-13-20(17)9-3-2-4-10-20/h5-8,17H,2-4,9-14H2,1H3. The largest absolute Gasteiger partial charge is 0.331 e. The maximum absolute atomic E-state index is 12.8. The topological polar surface area (TPSA) is 40.6 Å². The molecule has 24 heavy (non-hydrogen) atoms. The van der Waals surface area contributed by atoms with Gasteiger partial charge in [0.25, 0.3) is 0 Å². The SMILES string of the molecule is Cc1ccc(N2CCN(C(=O)C3CC34CCCCC4)CC2=O)cc1. The smallest absolute Gasteiger partial charge is 0.246 e. The van der Waals surface area contributed by atoms with Crippen molar-refractivity contribution in [3.05, 3.63) is 29.8 Å². The molecule has 4 nitrogen and oxygen atoms in total. The second-order valence-electron chi connectivity index (χ2n) is 7.82. The number of hydrogen-bond donors (Lipinski definition) is 0. The number of carbonyl (C=O) groups is 2. The molecule has 4 heteroatoms. The summed E-state index contributed by atoms with van der Waals surface area (Å²) in [6, 6.07) is 8.03. The Hall–Kier alpha value is -1.84. The van der Waals surface area contributed by atoms with Gasteiger partial charge in [0.15, 0.2) is 0 Å². The second kappa shape index (κ2) is 5.91. The van der Waals surface area contributed by atoms with Crippen LogP contribution in [0.15, 0.2) is 24.3 Å². The first kappa shape index (κ1) is 15.7. The minimum absolute atomic E-state index is 0.0387. The molecule has 1 spiro atoms. The third-order valence-corrected chi connectivity index (χ3v) is 6.22. The third-order valence-electron chi connectivity index (χ3n) is 6.22. The van der Waals surface area contributed by atoms with Gasteiger partial charge in [0, 0.05) is 24.7 Å². The van der Waals surface area contributed by atoms with Gasteiger partial charge in [-0.1, -0.05) is 37.0 Å². The van der Waals surface area contributed by atoms with Crippen molar-refractivity contribution in [2.75, 3.05) is 24.5 Å². The number of anilines is 1. The Bertz CT molecular complexity index is 646. The molecule has 4 rings (SSSR count). The van der Waals surface area contributed by atoms with Crippen LogP contribution in [-0.4, -0.2) is 36.3 Å². The van der Waals surface area contributed by atoms with Crippen LogP contribution in [0.25, 0.3) is 0 Å². The number of aryl methyl sites for hydroxylation is 1. The molecule has 0 bridgehead atoms. The Morgan fingerprint density at radius 2 is 1.79 bits per heavy atom. The Kier molecular flexibility index (Phi) is 3.86. The van der Waals surface area contributed by atoms with E-state index in [9.17, 15) is 9.59 Å². The summed E-state index contributed by atoms with van der Waals surface area (Å²) in [6.07, 6.45) is 7.32. The van der Waals surface area contributed by atoms with Crippen LogP contribution in [-0.2, 0) is 9.59 Å². The molecule has 3 fully saturated rings. The van der Waals surface area contributed by atoms with Gasteiger partial charge in [-0.25, -0.2) is 0 Å². The van der Waals surface area contributed by atoms with E-state index in [1.54, 1.807) is 4.90 Å². The zero-order valence-electron chi connectivity index (χ0n) is 14.5. The van der Waals surface area contributed by atoms with Crippen molar-refractivity contribution in [1.82, 2.24) is 4.90 Å². The van der Waals surface area contributed by atoms with E-state index in [0.29, 0.717) is 18.5 Å². The second-order valence-corrected chi connectivity index (χ2v) is 7.82. The summed E-state index contributed by atoms with van der Waals surface area (Å²) >= 11 is 0. The molecule has 0 radical (unpaired) electrons. The molecule has 1 aliphatic heterocycles. The Labute approximate surface area is 143 Å². The minimum Gasteiger partial charge on any atom is -0.331 e. The van der Waals surface area contributed by atoms with Gasteiger partial charge in [-0.2, -0.15) is 0 Å². The first-order valence-corrected chi connectivity index (χ1v) is 9.25. The maximum atomic E-state index is 12.8. The molecule has 1 aromatic rings. The van der Waals surface area contributed by atoms with E-state index in [0.717, 1.165) is 12.1 Å². The molecular weight excluding hydrogens is 300 g/mol. The van der Waals surface area contributed by atoms with Crippen LogP contribution in [0.2, 0.25) is 0 Å². The average molecular weight is 326 g/mol. The molecule has 3 aliphatic rings. The van der Waals surface area contributed by atoms with E-state index in [4.69, 9.17) is 0 Å². The Morgan fingerprint density at radius 1 is 1.08 bits per heavy atom. The molecule has 1 atom stereocenters. The van der Waals surface area contributed by atoms with Crippen molar-refractivity contribution in [3.63, 3.8) is 0 Å². The van der Waals surface area contributed by atoms with Gasteiger partial charge in [-0.15, -0.1) is 0 Å². The number of nitrogens with zero attached hydrogens (tertiary/aromatic N) is 2. The van der Waals surface area contributed by atoms with Gasteiger partial charge in [0.05, 0.1) is 0 Å². The fourth-order valence-corrected chi connectivity index (χ4v) is 4.58. The zero-order valence-corrected chi connectivity index (χ0v) is 14.5. The normalized spacial score (nSPS) is 25.9. The summed E-state index contributed by atoms with van der Waals surface area (Å²) in [6.45, 7) is 3.54. The van der Waals surface area contributed by atoms with Crippen LogP contribution in [0.3, 0.4) is 0 Å². The lowest BCUT2D eigenvalue weighted by atomic mass is 9.84. The van der Waals surface area contributed by atoms with Crippen molar-refractivity contribution < 1.29 is 9.59 Å². The quantitative estimate of drug-likeness (QED) is 0.838. The minimum atomic E-state index is 0.0387. The first-order valence-electron chi connectivity index (χ1n) is 9.25.